The largest absolute Gasteiger partial charge is 0.487 e. The summed E-state index contributed by atoms with van der Waals surface area (Å²) in [6, 6.07) is 17.8. The Morgan fingerprint density at radius 1 is 1.03 bits per heavy atom. The summed E-state index contributed by atoms with van der Waals surface area (Å²) in [7, 11) is 1.52. The Balaban J connectivity index is 1.42. The molecule has 11 heteroatoms. The van der Waals surface area contributed by atoms with Crippen molar-refractivity contribution in [1.29, 1.82) is 0 Å². The number of carbonyl (C=O) groups is 3. The van der Waals surface area contributed by atoms with Crippen molar-refractivity contribution < 1.29 is 24.2 Å². The van der Waals surface area contributed by atoms with Crippen LogP contribution in [-0.2, 0) is 11.4 Å². The first-order chi connectivity index (χ1) is 18.6. The lowest BCUT2D eigenvalue weighted by atomic mass is 10.1. The Kier molecular flexibility index (Phi) is 8.53. The molecule has 0 spiro atoms. The molecule has 0 aliphatic carbocycles. The maximum atomic E-state index is 12.8. The van der Waals surface area contributed by atoms with E-state index in [0.29, 0.717) is 27.5 Å². The average molecular weight is 567 g/mol. The first kappa shape index (κ1) is 27.7. The molecule has 3 N–H and O–H groups in total. The van der Waals surface area contributed by atoms with Crippen LogP contribution in [0.25, 0.3) is 10.9 Å². The number of anilines is 2. The summed E-state index contributed by atoms with van der Waals surface area (Å²) in [5.74, 6) is -0.999. The zero-order valence-electron chi connectivity index (χ0n) is 21.0. The van der Waals surface area contributed by atoms with Crippen molar-refractivity contribution in [2.45, 2.75) is 13.5 Å². The molecule has 0 fully saturated rings. The van der Waals surface area contributed by atoms with Gasteiger partial charge in [-0.2, -0.15) is 0 Å². The molecule has 0 bridgehead atoms. The molecule has 0 saturated heterocycles. The minimum atomic E-state index is -1.12. The van der Waals surface area contributed by atoms with E-state index in [1.165, 1.54) is 36.2 Å². The third-order valence-electron chi connectivity index (χ3n) is 5.86. The molecule has 39 heavy (non-hydrogen) atoms. The molecule has 1 aromatic heterocycles. The highest BCUT2D eigenvalue weighted by Crippen LogP contribution is 2.35. The van der Waals surface area contributed by atoms with Gasteiger partial charge in [0.05, 0.1) is 22.8 Å². The Morgan fingerprint density at radius 3 is 2.56 bits per heavy atom. The Hall–Kier alpha value is -4.34. The lowest BCUT2D eigenvalue weighted by Gasteiger charge is -2.21. The van der Waals surface area contributed by atoms with Crippen molar-refractivity contribution in [2.75, 3.05) is 23.8 Å². The minimum absolute atomic E-state index is 0.0209. The maximum absolute atomic E-state index is 12.8. The first-order valence-electron chi connectivity index (χ1n) is 11.7. The van der Waals surface area contributed by atoms with Gasteiger partial charge in [-0.15, -0.1) is 0 Å². The summed E-state index contributed by atoms with van der Waals surface area (Å²) < 4.78 is 6.04. The van der Waals surface area contributed by atoms with Crippen LogP contribution in [0.3, 0.4) is 0 Å². The van der Waals surface area contributed by atoms with Crippen LogP contribution in [0.2, 0.25) is 10.0 Å². The molecule has 9 nitrogen and oxygen atoms in total. The molecule has 3 aromatic carbocycles. The molecule has 3 amide bonds. The highest BCUT2D eigenvalue weighted by atomic mass is 35.5. The van der Waals surface area contributed by atoms with Gasteiger partial charge in [-0.25, -0.2) is 14.6 Å². The van der Waals surface area contributed by atoms with E-state index < -0.39 is 17.9 Å². The summed E-state index contributed by atoms with van der Waals surface area (Å²) in [6.45, 7) is 1.60. The van der Waals surface area contributed by atoms with Crippen LogP contribution in [0.1, 0.15) is 21.6 Å². The number of aromatic nitrogens is 1. The van der Waals surface area contributed by atoms with Gasteiger partial charge in [0.15, 0.2) is 0 Å². The second-order valence-electron chi connectivity index (χ2n) is 8.57. The Bertz CT molecular complexity index is 1580. The molecule has 0 aliphatic rings. The van der Waals surface area contributed by atoms with Crippen molar-refractivity contribution in [1.82, 2.24) is 10.3 Å². The number of halogens is 2. The molecule has 4 aromatic rings. The van der Waals surface area contributed by atoms with E-state index in [4.69, 9.17) is 33.0 Å². The first-order valence-corrected chi connectivity index (χ1v) is 12.5. The molecule has 0 unspecified atom stereocenters. The van der Waals surface area contributed by atoms with Gasteiger partial charge in [-0.05, 0) is 49.4 Å². The molecule has 200 valence electrons. The molecule has 0 saturated carbocycles. The summed E-state index contributed by atoms with van der Waals surface area (Å²) in [6.07, 6.45) is 0. The van der Waals surface area contributed by atoms with Crippen molar-refractivity contribution in [3.8, 4) is 5.75 Å². The molecular formula is C28H24Cl2N4O5. The van der Waals surface area contributed by atoms with E-state index in [9.17, 15) is 14.4 Å². The number of nitrogens with one attached hydrogen (secondary N) is 2. The van der Waals surface area contributed by atoms with E-state index in [1.54, 1.807) is 12.1 Å². The minimum Gasteiger partial charge on any atom is -0.487 e. The van der Waals surface area contributed by atoms with Crippen LogP contribution in [0.4, 0.5) is 16.2 Å². The molecular weight excluding hydrogens is 543 g/mol. The summed E-state index contributed by atoms with van der Waals surface area (Å²) >= 11 is 13.1. The van der Waals surface area contributed by atoms with Gasteiger partial charge in [-0.3, -0.25) is 4.79 Å². The maximum Gasteiger partial charge on any atom is 0.335 e. The number of pyridine rings is 1. The molecule has 1 heterocycles. The normalized spacial score (nSPS) is 10.7. The number of urea groups is 1. The van der Waals surface area contributed by atoms with E-state index >= 15 is 0 Å². The number of aryl methyl sites for hydroxylation is 1. The summed E-state index contributed by atoms with van der Waals surface area (Å²) in [5.41, 5.74) is 2.74. The Morgan fingerprint density at radius 2 is 1.79 bits per heavy atom. The molecule has 0 radical (unpaired) electrons. The predicted octanol–water partition coefficient (Wildman–Crippen LogP) is 5.91. The number of rotatable bonds is 8. The quantitative estimate of drug-likeness (QED) is 0.243. The van der Waals surface area contributed by atoms with Crippen molar-refractivity contribution in [3.63, 3.8) is 0 Å². The average Bonchev–Trinajstić information content (AvgIpc) is 2.91. The van der Waals surface area contributed by atoms with Crippen molar-refractivity contribution in [3.05, 3.63) is 93.6 Å². The summed E-state index contributed by atoms with van der Waals surface area (Å²) in [4.78, 5) is 42.0. The van der Waals surface area contributed by atoms with E-state index in [1.807, 2.05) is 37.3 Å². The van der Waals surface area contributed by atoms with Crippen LogP contribution in [-0.4, -0.2) is 41.6 Å². The second kappa shape index (κ2) is 12.0. The number of benzene rings is 3. The van der Waals surface area contributed by atoms with E-state index in [0.717, 1.165) is 11.1 Å². The smallest absolute Gasteiger partial charge is 0.335 e. The van der Waals surface area contributed by atoms with E-state index in [-0.39, 0.29) is 29.4 Å². The lowest BCUT2D eigenvalue weighted by molar-refractivity contribution is -0.117. The van der Waals surface area contributed by atoms with Gasteiger partial charge in [-0.1, -0.05) is 47.5 Å². The monoisotopic (exact) mass is 566 g/mol. The fraction of sp³-hybridized carbons (Fsp3) is 0.143. The number of fused-ring (bicyclic) bond motifs is 1. The third-order valence-corrected chi connectivity index (χ3v) is 6.64. The number of carboxylic acids is 1. The second-order valence-corrected chi connectivity index (χ2v) is 9.36. The zero-order valence-corrected chi connectivity index (χ0v) is 22.5. The van der Waals surface area contributed by atoms with Crippen LogP contribution in [0, 0.1) is 6.92 Å². The van der Waals surface area contributed by atoms with Crippen molar-refractivity contribution >= 4 is 63.4 Å². The van der Waals surface area contributed by atoms with Gasteiger partial charge < -0.3 is 25.4 Å². The lowest BCUT2D eigenvalue weighted by Crippen LogP contribution is -2.40. The van der Waals surface area contributed by atoms with Gasteiger partial charge in [0.25, 0.3) is 0 Å². The van der Waals surface area contributed by atoms with Crippen molar-refractivity contribution in [2.24, 2.45) is 0 Å². The standard InChI is InChI=1S/C28H24Cl2N4O5/c1-16-9-10-17-5-4-8-23(26(17)32-16)39-15-20-21(29)11-12-22(25(20)30)34(2)24(35)14-31-28(38)33-19-7-3-6-18(13-19)27(36)37/h3-13H,14-15H2,1-2H3,(H,36,37)(H2,31,33,38). The van der Waals surface area contributed by atoms with Gasteiger partial charge in [0.2, 0.25) is 5.91 Å². The summed E-state index contributed by atoms with van der Waals surface area (Å²) in [5, 5.41) is 15.6. The zero-order chi connectivity index (χ0) is 28.1. The van der Waals surface area contributed by atoms with Gasteiger partial charge in [0, 0.05) is 34.4 Å². The number of carbonyl (C=O) groups excluding carboxylic acids is 2. The fourth-order valence-corrected chi connectivity index (χ4v) is 4.38. The fourth-order valence-electron chi connectivity index (χ4n) is 3.77. The topological polar surface area (TPSA) is 121 Å². The third kappa shape index (κ3) is 6.57. The predicted molar refractivity (Wildman–Crippen MR) is 151 cm³/mol. The number of carboxylic acid groups (broad SMARTS) is 1. The molecule has 4 rings (SSSR count). The van der Waals surface area contributed by atoms with Crippen LogP contribution in [0.5, 0.6) is 5.75 Å². The highest BCUT2D eigenvalue weighted by Gasteiger charge is 2.19. The highest BCUT2D eigenvalue weighted by molar-refractivity contribution is 6.38. The number of nitrogens with zero attached hydrogens (tertiary/aromatic N) is 2. The number of para-hydroxylation sites is 1. The van der Waals surface area contributed by atoms with E-state index in [2.05, 4.69) is 15.6 Å². The number of ether oxygens (including phenoxy) is 1. The van der Waals surface area contributed by atoms with Gasteiger partial charge >= 0.3 is 12.0 Å². The number of likely N-dealkylation sites (N-methyl/N-ethyl adjacent to an activating group) is 1. The SMILES string of the molecule is Cc1ccc2cccc(OCc3c(Cl)ccc(N(C)C(=O)CNC(=O)Nc4cccc(C(=O)O)c4)c3Cl)c2n1. The number of aromatic carboxylic acids is 1. The van der Waals surface area contributed by atoms with Gasteiger partial charge in [0.1, 0.15) is 17.9 Å². The number of hydrogen-bond donors (Lipinski definition) is 3. The number of amides is 3. The van der Waals surface area contributed by atoms with Crippen LogP contribution < -0.4 is 20.3 Å². The Labute approximate surface area is 234 Å². The van der Waals surface area contributed by atoms with Crippen LogP contribution in [0.15, 0.2) is 66.7 Å². The molecule has 0 aliphatic heterocycles. The van der Waals surface area contributed by atoms with Crippen LogP contribution >= 0.6 is 23.2 Å². The molecule has 0 atom stereocenters. The number of hydrogen-bond acceptors (Lipinski definition) is 5.